The molecule has 1 rings (SSSR count). The van der Waals surface area contributed by atoms with Gasteiger partial charge in [0.1, 0.15) is 6.54 Å². The highest BCUT2D eigenvalue weighted by Crippen LogP contribution is 2.28. The lowest BCUT2D eigenvalue weighted by atomic mass is 9.95. The van der Waals surface area contributed by atoms with E-state index in [1.807, 2.05) is 0 Å². The maximum atomic E-state index is 2.67. The highest BCUT2D eigenvalue weighted by Gasteiger charge is 2.31. The quantitative estimate of drug-likeness (QED) is 0.0460. The molecule has 2 unspecified atom stereocenters. The molecule has 0 aliphatic heterocycles. The van der Waals surface area contributed by atoms with Crippen LogP contribution >= 0.6 is 0 Å². The maximum absolute atomic E-state index is 2.67. The molecule has 1 aromatic carbocycles. The van der Waals surface area contributed by atoms with Crippen LogP contribution in [0.3, 0.4) is 0 Å². The van der Waals surface area contributed by atoms with Crippen molar-refractivity contribution < 1.29 is 4.48 Å². The third-order valence-electron chi connectivity index (χ3n) is 13.1. The molecule has 0 aliphatic rings. The molecular formula is C53H102N+. The van der Waals surface area contributed by atoms with Crippen LogP contribution in [0.5, 0.6) is 0 Å². The molecule has 0 saturated carbocycles. The fraction of sp³-hybridized carbons (Fsp3) is 0.887. The summed E-state index contributed by atoms with van der Waals surface area (Å²) in [6, 6.07) is 12.4. The van der Waals surface area contributed by atoms with Crippen LogP contribution in [0.1, 0.15) is 283 Å². The average Bonchev–Trinajstić information content (AvgIpc) is 3.18. The number of unbranched alkanes of at least 4 members (excludes halogenated alkanes) is 35. The number of hydrogen-bond donors (Lipinski definition) is 0. The summed E-state index contributed by atoms with van der Waals surface area (Å²) >= 11 is 0. The van der Waals surface area contributed by atoms with E-state index in [0.717, 1.165) is 6.04 Å². The van der Waals surface area contributed by atoms with Gasteiger partial charge in [-0.15, -0.1) is 0 Å². The van der Waals surface area contributed by atoms with Gasteiger partial charge in [-0.1, -0.05) is 269 Å². The number of nitrogens with zero attached hydrogens (tertiary/aromatic N) is 1. The van der Waals surface area contributed by atoms with Gasteiger partial charge >= 0.3 is 0 Å². The largest absolute Gasteiger partial charge is 0.320 e. The topological polar surface area (TPSA) is 0 Å². The molecule has 1 nitrogen and oxygen atoms in total. The standard InChI is InChI=1S/C53H102N/c1-5-8-11-14-17-20-23-25-26-27-28-30-33-36-39-45-50-54(4,51-52-46-41-40-42-47-52)53(48-43-37-34-31-22-19-16-13-10-7-3)49-44-38-35-32-29-24-21-18-15-12-9-6-2/h40-42,46-47,53H,5-39,43-45,48-51H2,1-4H3/q+1. The Hall–Kier alpha value is -0.820. The Bertz CT molecular complexity index is 833. The van der Waals surface area contributed by atoms with Crippen molar-refractivity contribution in [3.63, 3.8) is 0 Å². The average molecular weight is 753 g/mol. The molecule has 0 N–H and O–H groups in total. The van der Waals surface area contributed by atoms with Gasteiger partial charge < -0.3 is 4.48 Å². The molecule has 0 spiro atoms. The SMILES string of the molecule is CCCCCCCCCCCCCCCCCC[N+](C)(Cc1ccccc1)C(CCCCCCCCCCCC)CCCCCCCCCCCCCC. The van der Waals surface area contributed by atoms with Crippen LogP contribution in [0.2, 0.25) is 0 Å². The number of rotatable bonds is 44. The monoisotopic (exact) mass is 753 g/mol. The van der Waals surface area contributed by atoms with Crippen molar-refractivity contribution >= 4 is 0 Å². The summed E-state index contributed by atoms with van der Waals surface area (Å²) in [6.45, 7) is 9.56. The molecule has 0 aromatic heterocycles. The maximum Gasteiger partial charge on any atom is 0.104 e. The second-order valence-corrected chi connectivity index (χ2v) is 18.5. The summed E-state index contributed by atoms with van der Waals surface area (Å²) in [5.41, 5.74) is 1.55. The van der Waals surface area contributed by atoms with Crippen molar-refractivity contribution in [1.82, 2.24) is 0 Å². The second-order valence-electron chi connectivity index (χ2n) is 18.5. The fourth-order valence-corrected chi connectivity index (χ4v) is 9.27. The molecule has 0 radical (unpaired) electrons. The van der Waals surface area contributed by atoms with Crippen LogP contribution in [0.4, 0.5) is 0 Å². The predicted octanol–water partition coefficient (Wildman–Crippen LogP) is 18.7. The molecule has 0 heterocycles. The van der Waals surface area contributed by atoms with Gasteiger partial charge in [0.05, 0.1) is 19.6 Å². The first-order chi connectivity index (χ1) is 26.7. The van der Waals surface area contributed by atoms with Gasteiger partial charge in [0.2, 0.25) is 0 Å². The molecule has 1 heteroatoms. The number of hydrogen-bond acceptors (Lipinski definition) is 0. The minimum absolute atomic E-state index is 0.818. The Balaban J connectivity index is 2.53. The molecule has 0 saturated heterocycles. The van der Waals surface area contributed by atoms with Gasteiger partial charge in [0, 0.05) is 5.56 Å². The van der Waals surface area contributed by atoms with Crippen LogP contribution in [-0.4, -0.2) is 24.1 Å². The molecule has 0 fully saturated rings. The van der Waals surface area contributed by atoms with Crippen molar-refractivity contribution in [3.8, 4) is 0 Å². The molecular weight excluding hydrogens is 651 g/mol. The van der Waals surface area contributed by atoms with E-state index in [9.17, 15) is 0 Å². The van der Waals surface area contributed by atoms with Crippen LogP contribution in [0.15, 0.2) is 30.3 Å². The summed E-state index contributed by atoms with van der Waals surface area (Å²) in [5.74, 6) is 0. The molecule has 0 amide bonds. The van der Waals surface area contributed by atoms with Crippen molar-refractivity contribution in [2.24, 2.45) is 0 Å². The highest BCUT2D eigenvalue weighted by atomic mass is 15.4. The van der Waals surface area contributed by atoms with Crippen molar-refractivity contribution in [1.29, 1.82) is 0 Å². The summed E-state index contributed by atoms with van der Waals surface area (Å²) in [7, 11) is 2.67. The van der Waals surface area contributed by atoms with E-state index in [1.165, 1.54) is 274 Å². The zero-order chi connectivity index (χ0) is 38.9. The van der Waals surface area contributed by atoms with Crippen molar-refractivity contribution in [2.45, 2.75) is 290 Å². The fourth-order valence-electron chi connectivity index (χ4n) is 9.27. The summed E-state index contributed by atoms with van der Waals surface area (Å²) < 4.78 is 1.28. The van der Waals surface area contributed by atoms with Crippen LogP contribution < -0.4 is 0 Å². The van der Waals surface area contributed by atoms with Gasteiger partial charge in [-0.05, 0) is 38.5 Å². The summed E-state index contributed by atoms with van der Waals surface area (Å²) in [6.07, 6.45) is 58.0. The Morgan fingerprint density at radius 3 is 0.889 bits per heavy atom. The lowest BCUT2D eigenvalue weighted by Gasteiger charge is -2.42. The Kier molecular flexibility index (Phi) is 38.3. The first kappa shape index (κ1) is 51.2. The van der Waals surface area contributed by atoms with E-state index < -0.39 is 0 Å². The molecule has 54 heavy (non-hydrogen) atoms. The normalized spacial score (nSPS) is 13.4. The van der Waals surface area contributed by atoms with Gasteiger partial charge in [-0.25, -0.2) is 0 Å². The van der Waals surface area contributed by atoms with E-state index in [1.54, 1.807) is 5.56 Å². The molecule has 0 aliphatic carbocycles. The molecule has 1 aromatic rings. The zero-order valence-corrected chi connectivity index (χ0v) is 38.1. The molecule has 2 atom stereocenters. The Labute approximate surface area is 343 Å². The predicted molar refractivity (Wildman–Crippen MR) is 247 cm³/mol. The van der Waals surface area contributed by atoms with Crippen LogP contribution in [0, 0.1) is 0 Å². The van der Waals surface area contributed by atoms with Gasteiger partial charge in [0.15, 0.2) is 0 Å². The minimum Gasteiger partial charge on any atom is -0.320 e. The summed E-state index contributed by atoms with van der Waals surface area (Å²) in [4.78, 5) is 0. The Morgan fingerprint density at radius 1 is 0.333 bits per heavy atom. The van der Waals surface area contributed by atoms with Gasteiger partial charge in [-0.2, -0.15) is 0 Å². The van der Waals surface area contributed by atoms with Crippen LogP contribution in [0.25, 0.3) is 0 Å². The number of benzene rings is 1. The molecule has 318 valence electrons. The second kappa shape index (κ2) is 40.4. The highest BCUT2D eigenvalue weighted by molar-refractivity contribution is 5.13. The lowest BCUT2D eigenvalue weighted by Crippen LogP contribution is -2.52. The number of quaternary nitrogens is 1. The molecule has 0 bridgehead atoms. The van der Waals surface area contributed by atoms with E-state index in [4.69, 9.17) is 0 Å². The van der Waals surface area contributed by atoms with E-state index in [0.29, 0.717) is 0 Å². The third kappa shape index (κ3) is 32.3. The first-order valence-electron chi connectivity index (χ1n) is 25.5. The van der Waals surface area contributed by atoms with Gasteiger partial charge in [-0.3, -0.25) is 0 Å². The minimum atomic E-state index is 0.818. The van der Waals surface area contributed by atoms with Crippen LogP contribution in [-0.2, 0) is 6.54 Å². The van der Waals surface area contributed by atoms with Crippen molar-refractivity contribution in [2.75, 3.05) is 13.6 Å². The van der Waals surface area contributed by atoms with E-state index >= 15 is 0 Å². The third-order valence-corrected chi connectivity index (χ3v) is 13.1. The summed E-state index contributed by atoms with van der Waals surface area (Å²) in [5, 5.41) is 0. The Morgan fingerprint density at radius 2 is 0.593 bits per heavy atom. The van der Waals surface area contributed by atoms with Gasteiger partial charge in [0.25, 0.3) is 0 Å². The zero-order valence-electron chi connectivity index (χ0n) is 38.1. The van der Waals surface area contributed by atoms with E-state index in [2.05, 4.69) is 58.2 Å². The lowest BCUT2D eigenvalue weighted by molar-refractivity contribution is -0.947. The van der Waals surface area contributed by atoms with E-state index in [-0.39, 0.29) is 0 Å². The smallest absolute Gasteiger partial charge is 0.104 e. The first-order valence-corrected chi connectivity index (χ1v) is 25.5. The van der Waals surface area contributed by atoms with Crippen molar-refractivity contribution in [3.05, 3.63) is 35.9 Å².